The lowest BCUT2D eigenvalue weighted by Crippen LogP contribution is -3.11. The van der Waals surface area contributed by atoms with Gasteiger partial charge < -0.3 is 24.4 Å². The van der Waals surface area contributed by atoms with E-state index in [9.17, 15) is 0 Å². The third-order valence-electron chi connectivity index (χ3n) is 5.41. The average Bonchev–Trinajstić information content (AvgIpc) is 3.11. The predicted molar refractivity (Wildman–Crippen MR) is 101 cm³/mol. The predicted octanol–water partition coefficient (Wildman–Crippen LogP) is 2.73. The molecule has 2 atom stereocenters. The van der Waals surface area contributed by atoms with Crippen molar-refractivity contribution in [3.05, 3.63) is 47.0 Å². The third-order valence-corrected chi connectivity index (χ3v) is 5.41. The topological polar surface area (TPSA) is 44.2 Å². The van der Waals surface area contributed by atoms with Crippen LogP contribution in [0, 0.1) is 0 Å². The summed E-state index contributed by atoms with van der Waals surface area (Å²) in [6.45, 7) is 5.74. The number of quaternary nitrogens is 1. The van der Waals surface area contributed by atoms with E-state index in [4.69, 9.17) is 14.2 Å². The fourth-order valence-electron chi connectivity index (χ4n) is 3.85. The van der Waals surface area contributed by atoms with Crippen LogP contribution in [0.2, 0.25) is 0 Å². The highest BCUT2D eigenvalue weighted by molar-refractivity contribution is 5.62. The van der Waals surface area contributed by atoms with Gasteiger partial charge in [-0.1, -0.05) is 26.0 Å². The first kappa shape index (κ1) is 17.0. The van der Waals surface area contributed by atoms with Crippen molar-refractivity contribution < 1.29 is 19.1 Å². The summed E-state index contributed by atoms with van der Waals surface area (Å²) < 4.78 is 17.0. The first-order chi connectivity index (χ1) is 12.6. The molecule has 2 aliphatic heterocycles. The summed E-state index contributed by atoms with van der Waals surface area (Å²) in [5.41, 5.74) is 4.91. The number of likely N-dealkylation sites (N-methyl/N-ethyl adjacent to an activating group) is 1. The number of benzene rings is 2. The van der Waals surface area contributed by atoms with E-state index in [1.165, 1.54) is 21.6 Å². The zero-order chi connectivity index (χ0) is 18.3. The summed E-state index contributed by atoms with van der Waals surface area (Å²) in [6, 6.07) is 10.8. The lowest BCUT2D eigenvalue weighted by Gasteiger charge is -2.33. The second-order valence-corrected chi connectivity index (χ2v) is 7.42. The van der Waals surface area contributed by atoms with Crippen LogP contribution in [0.4, 0.5) is 5.69 Å². The number of fused-ring (bicyclic) bond motifs is 2. The molecular weight excluding hydrogens is 328 g/mol. The lowest BCUT2D eigenvalue weighted by molar-refractivity contribution is -0.910. The van der Waals surface area contributed by atoms with Crippen molar-refractivity contribution in [3.63, 3.8) is 0 Å². The van der Waals surface area contributed by atoms with Crippen molar-refractivity contribution in [1.82, 2.24) is 0 Å². The number of ether oxygens (including phenoxy) is 3. The van der Waals surface area contributed by atoms with E-state index in [0.717, 1.165) is 35.9 Å². The number of hydrogen-bond acceptors (Lipinski definition) is 4. The number of rotatable bonds is 4. The molecule has 0 saturated carbocycles. The Morgan fingerprint density at radius 2 is 1.96 bits per heavy atom. The second kappa shape index (κ2) is 6.72. The van der Waals surface area contributed by atoms with Crippen LogP contribution < -0.4 is 24.4 Å². The minimum atomic E-state index is 0.105. The molecule has 4 rings (SSSR count). The van der Waals surface area contributed by atoms with Crippen LogP contribution in [0.1, 0.15) is 42.6 Å². The van der Waals surface area contributed by atoms with Gasteiger partial charge in [0.2, 0.25) is 12.5 Å². The molecule has 0 bridgehead atoms. The monoisotopic (exact) mass is 355 g/mol. The Morgan fingerprint density at radius 3 is 2.65 bits per heavy atom. The zero-order valence-corrected chi connectivity index (χ0v) is 15.9. The standard InChI is InChI=1S/C21H26N2O3/c1-13(2)14-5-7-16(8-6-14)22-21-18-15(9-10-23(21)3)11-17-19(20(18)24-4)26-12-25-17/h5-8,11,13,21-22H,9-10,12H2,1-4H3/p+1/t21-/m0/s1. The first-order valence-electron chi connectivity index (χ1n) is 9.26. The van der Waals surface area contributed by atoms with Crippen LogP contribution >= 0.6 is 0 Å². The van der Waals surface area contributed by atoms with Crippen LogP contribution in [0.15, 0.2) is 30.3 Å². The molecule has 2 aliphatic rings. The molecule has 0 aromatic heterocycles. The summed E-state index contributed by atoms with van der Waals surface area (Å²) in [6.07, 6.45) is 1.10. The Kier molecular flexibility index (Phi) is 4.41. The van der Waals surface area contributed by atoms with Gasteiger partial charge in [0.05, 0.1) is 26.3 Å². The largest absolute Gasteiger partial charge is 0.492 e. The maximum absolute atomic E-state index is 5.76. The van der Waals surface area contributed by atoms with Crippen LogP contribution in [0.25, 0.3) is 0 Å². The molecular formula is C21H27N2O3+. The highest BCUT2D eigenvalue weighted by atomic mass is 16.7. The first-order valence-corrected chi connectivity index (χ1v) is 9.26. The van der Waals surface area contributed by atoms with Crippen molar-refractivity contribution in [2.75, 3.05) is 32.8 Å². The molecule has 2 N–H and O–H groups in total. The fourth-order valence-corrected chi connectivity index (χ4v) is 3.85. The molecule has 0 aliphatic carbocycles. The van der Waals surface area contributed by atoms with Gasteiger partial charge in [0.15, 0.2) is 17.7 Å². The van der Waals surface area contributed by atoms with Crippen molar-refractivity contribution in [3.8, 4) is 17.2 Å². The maximum Gasteiger partial charge on any atom is 0.231 e. The molecule has 26 heavy (non-hydrogen) atoms. The molecule has 2 heterocycles. The molecule has 0 amide bonds. The summed E-state index contributed by atoms with van der Waals surface area (Å²) >= 11 is 0. The molecule has 138 valence electrons. The Labute approximate surface area is 154 Å². The number of methoxy groups -OCH3 is 1. The van der Waals surface area contributed by atoms with Gasteiger partial charge in [-0.25, -0.2) is 0 Å². The molecule has 0 radical (unpaired) electrons. The fraction of sp³-hybridized carbons (Fsp3) is 0.429. The van der Waals surface area contributed by atoms with E-state index in [-0.39, 0.29) is 13.0 Å². The van der Waals surface area contributed by atoms with E-state index < -0.39 is 0 Å². The third kappa shape index (κ3) is 2.86. The summed E-state index contributed by atoms with van der Waals surface area (Å²) in [7, 11) is 3.92. The van der Waals surface area contributed by atoms with E-state index >= 15 is 0 Å². The highest BCUT2D eigenvalue weighted by Gasteiger charge is 2.36. The number of anilines is 1. The zero-order valence-electron chi connectivity index (χ0n) is 15.9. The maximum atomic E-state index is 5.76. The Hall–Kier alpha value is -2.40. The molecule has 0 saturated heterocycles. The molecule has 2 aromatic carbocycles. The van der Waals surface area contributed by atoms with E-state index in [2.05, 4.69) is 56.5 Å². The SMILES string of the molecule is COc1c2c(cc3c1[C@@H](Nc1ccc(C(C)C)cc1)[NH+](C)CC3)OCO2. The molecule has 5 heteroatoms. The number of nitrogens with one attached hydrogen (secondary N) is 2. The van der Waals surface area contributed by atoms with Crippen molar-refractivity contribution in [2.24, 2.45) is 0 Å². The Balaban J connectivity index is 1.71. The molecule has 0 spiro atoms. The summed E-state index contributed by atoms with van der Waals surface area (Å²) in [5.74, 6) is 2.85. The van der Waals surface area contributed by atoms with Gasteiger partial charge in [0, 0.05) is 12.1 Å². The number of hydrogen-bond donors (Lipinski definition) is 2. The van der Waals surface area contributed by atoms with Gasteiger partial charge in [-0.3, -0.25) is 0 Å². The van der Waals surface area contributed by atoms with E-state index in [1.807, 2.05) is 0 Å². The molecule has 0 fully saturated rings. The minimum absolute atomic E-state index is 0.105. The van der Waals surface area contributed by atoms with Gasteiger partial charge in [-0.05, 0) is 35.2 Å². The average molecular weight is 355 g/mol. The minimum Gasteiger partial charge on any atom is -0.492 e. The molecule has 5 nitrogen and oxygen atoms in total. The Bertz CT molecular complexity index is 802. The quantitative estimate of drug-likeness (QED) is 0.885. The Morgan fingerprint density at radius 1 is 1.19 bits per heavy atom. The smallest absolute Gasteiger partial charge is 0.231 e. The van der Waals surface area contributed by atoms with Gasteiger partial charge in [0.25, 0.3) is 0 Å². The van der Waals surface area contributed by atoms with Crippen LogP contribution in [0.5, 0.6) is 17.2 Å². The molecule has 2 aromatic rings. The van der Waals surface area contributed by atoms with Crippen molar-refractivity contribution >= 4 is 5.69 Å². The van der Waals surface area contributed by atoms with Gasteiger partial charge in [-0.15, -0.1) is 0 Å². The summed E-state index contributed by atoms with van der Waals surface area (Å²) in [5, 5.41) is 3.71. The van der Waals surface area contributed by atoms with Crippen molar-refractivity contribution in [2.45, 2.75) is 32.4 Å². The van der Waals surface area contributed by atoms with E-state index in [1.54, 1.807) is 7.11 Å². The van der Waals surface area contributed by atoms with E-state index in [0.29, 0.717) is 5.92 Å². The highest BCUT2D eigenvalue weighted by Crippen LogP contribution is 2.47. The second-order valence-electron chi connectivity index (χ2n) is 7.42. The van der Waals surface area contributed by atoms with Crippen molar-refractivity contribution in [1.29, 1.82) is 0 Å². The van der Waals surface area contributed by atoms with Crippen LogP contribution in [-0.4, -0.2) is 27.5 Å². The normalized spacial score (nSPS) is 20.8. The van der Waals surface area contributed by atoms with Crippen LogP contribution in [-0.2, 0) is 6.42 Å². The van der Waals surface area contributed by atoms with Gasteiger partial charge >= 0.3 is 0 Å². The van der Waals surface area contributed by atoms with Gasteiger partial charge in [0.1, 0.15) is 0 Å². The lowest BCUT2D eigenvalue weighted by atomic mass is 9.94. The summed E-state index contributed by atoms with van der Waals surface area (Å²) in [4.78, 5) is 1.41. The van der Waals surface area contributed by atoms with Crippen LogP contribution in [0.3, 0.4) is 0 Å². The van der Waals surface area contributed by atoms with Gasteiger partial charge in [-0.2, -0.15) is 0 Å². The molecule has 1 unspecified atom stereocenters.